The number of hydrogen-bond donors (Lipinski definition) is 1. The zero-order valence-corrected chi connectivity index (χ0v) is 13.3. The number of hydrogen-bond acceptors (Lipinski definition) is 3. The van der Waals surface area contributed by atoms with E-state index >= 15 is 0 Å². The Morgan fingerprint density at radius 1 is 1.38 bits per heavy atom. The normalized spacial score (nSPS) is 15.2. The molecule has 0 aliphatic heterocycles. The van der Waals surface area contributed by atoms with Gasteiger partial charge >= 0.3 is 0 Å². The number of ether oxygens (including phenoxy) is 1. The average molecular weight is 290 g/mol. The smallest absolute Gasteiger partial charge is 0.236 e. The molecule has 1 aromatic carbocycles. The molecule has 1 aliphatic rings. The maximum absolute atomic E-state index is 12.2. The summed E-state index contributed by atoms with van der Waals surface area (Å²) >= 11 is 0. The molecule has 1 saturated carbocycles. The molecule has 0 bridgehead atoms. The van der Waals surface area contributed by atoms with E-state index in [0.717, 1.165) is 11.3 Å². The van der Waals surface area contributed by atoms with Gasteiger partial charge < -0.3 is 15.0 Å². The Labute approximate surface area is 127 Å². The number of carbonyl (C=O) groups is 1. The highest BCUT2D eigenvalue weighted by Crippen LogP contribution is 2.21. The molecule has 1 fully saturated rings. The molecule has 0 atom stereocenters. The summed E-state index contributed by atoms with van der Waals surface area (Å²) in [7, 11) is 3.51. The fourth-order valence-corrected chi connectivity index (χ4v) is 2.87. The van der Waals surface area contributed by atoms with Crippen LogP contribution in [0, 0.1) is 6.92 Å². The molecule has 21 heavy (non-hydrogen) atoms. The second kappa shape index (κ2) is 7.46. The first-order chi connectivity index (χ1) is 10.1. The summed E-state index contributed by atoms with van der Waals surface area (Å²) in [5, 5.41) is 3.37. The zero-order valence-electron chi connectivity index (χ0n) is 13.3. The molecule has 0 heterocycles. The lowest BCUT2D eigenvalue weighted by Gasteiger charge is -2.20. The SMILES string of the molecule is COc1ccc(C)cc1CN(C)C(=O)CNC1CCCC1. The number of nitrogens with one attached hydrogen (secondary N) is 1. The fourth-order valence-electron chi connectivity index (χ4n) is 2.87. The number of nitrogens with zero attached hydrogens (tertiary/aromatic N) is 1. The van der Waals surface area contributed by atoms with Crippen LogP contribution in [0.3, 0.4) is 0 Å². The van der Waals surface area contributed by atoms with Gasteiger partial charge in [-0.25, -0.2) is 0 Å². The zero-order chi connectivity index (χ0) is 15.2. The maximum Gasteiger partial charge on any atom is 0.236 e. The Hall–Kier alpha value is -1.55. The molecule has 116 valence electrons. The summed E-state index contributed by atoms with van der Waals surface area (Å²) in [6.07, 6.45) is 4.95. The lowest BCUT2D eigenvalue weighted by Crippen LogP contribution is -2.38. The first-order valence-electron chi connectivity index (χ1n) is 7.71. The van der Waals surface area contributed by atoms with E-state index < -0.39 is 0 Å². The van der Waals surface area contributed by atoms with Crippen molar-refractivity contribution >= 4 is 5.91 Å². The minimum Gasteiger partial charge on any atom is -0.496 e. The van der Waals surface area contributed by atoms with Crippen LogP contribution < -0.4 is 10.1 Å². The van der Waals surface area contributed by atoms with E-state index in [-0.39, 0.29) is 5.91 Å². The van der Waals surface area contributed by atoms with Crippen molar-refractivity contribution in [3.05, 3.63) is 29.3 Å². The first-order valence-corrected chi connectivity index (χ1v) is 7.71. The summed E-state index contributed by atoms with van der Waals surface area (Å²) in [6.45, 7) is 3.05. The van der Waals surface area contributed by atoms with Gasteiger partial charge in [0.1, 0.15) is 5.75 Å². The standard InChI is InChI=1S/C17H26N2O2/c1-13-8-9-16(21-3)14(10-13)12-19(2)17(20)11-18-15-6-4-5-7-15/h8-10,15,18H,4-7,11-12H2,1-3H3. The van der Waals surface area contributed by atoms with Crippen molar-refractivity contribution in [1.29, 1.82) is 0 Å². The van der Waals surface area contributed by atoms with Crippen molar-refractivity contribution in [3.63, 3.8) is 0 Å². The summed E-state index contributed by atoms with van der Waals surface area (Å²) in [6, 6.07) is 6.58. The van der Waals surface area contributed by atoms with Crippen LogP contribution in [-0.4, -0.2) is 37.6 Å². The van der Waals surface area contributed by atoms with Crippen molar-refractivity contribution in [2.24, 2.45) is 0 Å². The predicted octanol–water partition coefficient (Wildman–Crippen LogP) is 2.49. The molecule has 0 spiro atoms. The van der Waals surface area contributed by atoms with E-state index in [1.54, 1.807) is 12.0 Å². The molecule has 0 radical (unpaired) electrons. The minimum atomic E-state index is 0.130. The lowest BCUT2D eigenvalue weighted by molar-refractivity contribution is -0.129. The number of carbonyl (C=O) groups excluding carboxylic acids is 1. The Morgan fingerprint density at radius 2 is 2.10 bits per heavy atom. The number of rotatable bonds is 6. The predicted molar refractivity (Wildman–Crippen MR) is 84.5 cm³/mol. The van der Waals surface area contributed by atoms with Gasteiger partial charge in [-0.15, -0.1) is 0 Å². The Kier molecular flexibility index (Phi) is 5.62. The van der Waals surface area contributed by atoms with Crippen LogP contribution in [0.5, 0.6) is 5.75 Å². The topological polar surface area (TPSA) is 41.6 Å². The Morgan fingerprint density at radius 3 is 2.76 bits per heavy atom. The van der Waals surface area contributed by atoms with Gasteiger partial charge in [0, 0.05) is 25.2 Å². The van der Waals surface area contributed by atoms with Gasteiger partial charge in [-0.3, -0.25) is 4.79 Å². The number of methoxy groups -OCH3 is 1. The van der Waals surface area contributed by atoms with E-state index in [1.807, 2.05) is 26.1 Å². The highest BCUT2D eigenvalue weighted by Gasteiger charge is 2.17. The van der Waals surface area contributed by atoms with Crippen LogP contribution in [0.15, 0.2) is 18.2 Å². The van der Waals surface area contributed by atoms with Crippen molar-refractivity contribution in [1.82, 2.24) is 10.2 Å². The second-order valence-electron chi connectivity index (χ2n) is 5.93. The van der Waals surface area contributed by atoms with Crippen LogP contribution in [0.25, 0.3) is 0 Å². The summed E-state index contributed by atoms with van der Waals surface area (Å²) in [5.74, 6) is 0.967. The third kappa shape index (κ3) is 4.46. The highest BCUT2D eigenvalue weighted by atomic mass is 16.5. The molecular weight excluding hydrogens is 264 g/mol. The van der Waals surface area contributed by atoms with Crippen molar-refractivity contribution in [3.8, 4) is 5.75 Å². The van der Waals surface area contributed by atoms with Crippen molar-refractivity contribution in [2.75, 3.05) is 20.7 Å². The number of likely N-dealkylation sites (N-methyl/N-ethyl adjacent to an activating group) is 1. The Balaban J connectivity index is 1.89. The molecule has 4 nitrogen and oxygen atoms in total. The van der Waals surface area contributed by atoms with Gasteiger partial charge in [-0.05, 0) is 25.8 Å². The van der Waals surface area contributed by atoms with E-state index in [2.05, 4.69) is 11.4 Å². The minimum absolute atomic E-state index is 0.130. The third-order valence-electron chi connectivity index (χ3n) is 4.17. The molecule has 2 rings (SSSR count). The molecule has 0 aromatic heterocycles. The highest BCUT2D eigenvalue weighted by molar-refractivity contribution is 5.78. The number of benzene rings is 1. The molecule has 1 aliphatic carbocycles. The van der Waals surface area contributed by atoms with Gasteiger partial charge in [-0.1, -0.05) is 30.5 Å². The molecule has 0 unspecified atom stereocenters. The quantitative estimate of drug-likeness (QED) is 0.875. The molecule has 1 amide bonds. The van der Waals surface area contributed by atoms with Crippen LogP contribution in [0.1, 0.15) is 36.8 Å². The average Bonchev–Trinajstić information content (AvgIpc) is 2.98. The van der Waals surface area contributed by atoms with Gasteiger partial charge in [0.15, 0.2) is 0 Å². The van der Waals surface area contributed by atoms with Gasteiger partial charge in [0.25, 0.3) is 0 Å². The Bertz CT molecular complexity index is 482. The van der Waals surface area contributed by atoms with Crippen LogP contribution in [0.4, 0.5) is 0 Å². The second-order valence-corrected chi connectivity index (χ2v) is 5.93. The molecule has 0 saturated heterocycles. The summed E-state index contributed by atoms with van der Waals surface area (Å²) in [4.78, 5) is 14.0. The van der Waals surface area contributed by atoms with E-state index in [9.17, 15) is 4.79 Å². The molecule has 1 aromatic rings. The summed E-state index contributed by atoms with van der Waals surface area (Å²) in [5.41, 5.74) is 2.23. The number of aryl methyl sites for hydroxylation is 1. The maximum atomic E-state index is 12.2. The summed E-state index contributed by atoms with van der Waals surface area (Å²) < 4.78 is 5.37. The molecular formula is C17H26N2O2. The van der Waals surface area contributed by atoms with E-state index in [4.69, 9.17) is 4.74 Å². The monoisotopic (exact) mass is 290 g/mol. The van der Waals surface area contributed by atoms with Gasteiger partial charge in [0.05, 0.1) is 13.7 Å². The number of amides is 1. The van der Waals surface area contributed by atoms with Crippen molar-refractivity contribution in [2.45, 2.75) is 45.2 Å². The lowest BCUT2D eigenvalue weighted by atomic mass is 10.1. The largest absolute Gasteiger partial charge is 0.496 e. The van der Waals surface area contributed by atoms with Crippen LogP contribution >= 0.6 is 0 Å². The fraction of sp³-hybridized carbons (Fsp3) is 0.588. The first kappa shape index (κ1) is 15.8. The van der Waals surface area contributed by atoms with Gasteiger partial charge in [-0.2, -0.15) is 0 Å². The van der Waals surface area contributed by atoms with E-state index in [0.29, 0.717) is 19.1 Å². The molecule has 1 N–H and O–H groups in total. The van der Waals surface area contributed by atoms with Crippen LogP contribution in [0.2, 0.25) is 0 Å². The molecule has 4 heteroatoms. The van der Waals surface area contributed by atoms with Gasteiger partial charge in [0.2, 0.25) is 5.91 Å². The van der Waals surface area contributed by atoms with Crippen LogP contribution in [-0.2, 0) is 11.3 Å². The van der Waals surface area contributed by atoms with E-state index in [1.165, 1.54) is 31.2 Å². The third-order valence-corrected chi connectivity index (χ3v) is 4.17. The van der Waals surface area contributed by atoms with Crippen molar-refractivity contribution < 1.29 is 9.53 Å².